The second-order valence-corrected chi connectivity index (χ2v) is 9.27. The quantitative estimate of drug-likeness (QED) is 0.325. The van der Waals surface area contributed by atoms with Crippen LogP contribution in [0.1, 0.15) is 27.9 Å². The number of anilines is 2. The maximum Gasteiger partial charge on any atom is 0.416 e. The zero-order valence-corrected chi connectivity index (χ0v) is 21.1. The number of halogens is 3. The number of nitrogens with zero attached hydrogens (tertiary/aromatic N) is 4. The summed E-state index contributed by atoms with van der Waals surface area (Å²) in [5.74, 6) is 1.02. The van der Waals surface area contributed by atoms with Crippen LogP contribution in [0.4, 0.5) is 24.8 Å². The molecule has 9 heteroatoms. The minimum absolute atomic E-state index is 0.210. The van der Waals surface area contributed by atoms with E-state index in [1.54, 1.807) is 29.6 Å². The topological polar surface area (TPSA) is 50.6 Å². The lowest BCUT2D eigenvalue weighted by Crippen LogP contribution is -2.47. The molecule has 1 aliphatic heterocycles. The zero-order chi connectivity index (χ0) is 26.9. The Kier molecular flexibility index (Phi) is 6.94. The highest BCUT2D eigenvalue weighted by Gasteiger charge is 2.33. The van der Waals surface area contributed by atoms with Crippen molar-refractivity contribution >= 4 is 11.6 Å². The van der Waals surface area contributed by atoms with Crippen molar-refractivity contribution in [3.05, 3.63) is 117 Å². The highest BCUT2D eigenvalue weighted by Crippen LogP contribution is 2.35. The van der Waals surface area contributed by atoms with Crippen LogP contribution in [-0.2, 0) is 25.8 Å². The highest BCUT2D eigenvalue weighted by atomic mass is 19.4. The molecule has 0 saturated carbocycles. The van der Waals surface area contributed by atoms with E-state index in [1.807, 2.05) is 59.5 Å². The van der Waals surface area contributed by atoms with Gasteiger partial charge < -0.3 is 4.74 Å². The van der Waals surface area contributed by atoms with Gasteiger partial charge >= 0.3 is 6.18 Å². The number of hydrogen-bond acceptors (Lipinski definition) is 5. The van der Waals surface area contributed by atoms with Gasteiger partial charge in [0, 0.05) is 29.8 Å². The molecule has 0 amide bonds. The molecule has 1 aliphatic rings. The average molecular weight is 521 g/mol. The smallest absolute Gasteiger partial charge is 0.416 e. The predicted molar refractivity (Wildman–Crippen MR) is 139 cm³/mol. The lowest BCUT2D eigenvalue weighted by Gasteiger charge is -2.38. The van der Waals surface area contributed by atoms with Gasteiger partial charge in [0.1, 0.15) is 5.75 Å². The summed E-state index contributed by atoms with van der Waals surface area (Å²) < 4.78 is 47.7. The molecule has 2 heterocycles. The summed E-state index contributed by atoms with van der Waals surface area (Å²) in [7, 11) is 1.59. The van der Waals surface area contributed by atoms with Gasteiger partial charge in [-0.05, 0) is 36.8 Å². The third kappa shape index (κ3) is 5.15. The minimum atomic E-state index is -4.49. The van der Waals surface area contributed by atoms with E-state index in [0.29, 0.717) is 41.6 Å². The number of ether oxygens (including phenoxy) is 1. The van der Waals surface area contributed by atoms with Crippen LogP contribution in [0.15, 0.2) is 83.7 Å². The van der Waals surface area contributed by atoms with Crippen molar-refractivity contribution in [2.75, 3.05) is 18.7 Å². The molecule has 0 radical (unpaired) electrons. The largest absolute Gasteiger partial charge is 0.496 e. The summed E-state index contributed by atoms with van der Waals surface area (Å²) in [6.45, 7) is 2.67. The third-order valence-corrected chi connectivity index (χ3v) is 6.67. The van der Waals surface area contributed by atoms with E-state index in [9.17, 15) is 18.0 Å². The average Bonchev–Trinajstić information content (AvgIpc) is 2.91. The van der Waals surface area contributed by atoms with Gasteiger partial charge in [0.25, 0.3) is 5.56 Å². The van der Waals surface area contributed by atoms with E-state index >= 15 is 0 Å². The Morgan fingerprint density at radius 3 is 2.42 bits per heavy atom. The van der Waals surface area contributed by atoms with Crippen LogP contribution in [0.5, 0.6) is 5.75 Å². The molecule has 0 unspecified atom stereocenters. The number of methoxy groups -OCH3 is 1. The number of para-hydroxylation sites is 1. The third-order valence-electron chi connectivity index (χ3n) is 6.67. The maximum absolute atomic E-state index is 13.8. The van der Waals surface area contributed by atoms with Crippen molar-refractivity contribution in [3.8, 4) is 5.75 Å². The fourth-order valence-corrected chi connectivity index (χ4v) is 4.75. The summed E-state index contributed by atoms with van der Waals surface area (Å²) in [5.41, 5.74) is 2.33. The zero-order valence-electron chi connectivity index (χ0n) is 21.1. The Bertz CT molecular complexity index is 1500. The van der Waals surface area contributed by atoms with E-state index in [2.05, 4.69) is 0 Å². The molecule has 4 aromatic rings. The standard InChI is InChI=1S/C29H27F3N4O2/c1-20-25(15-21-9-4-3-5-10-21)27(37)36-19-34(17-22-11-6-7-14-26(22)38-2)18-35(28(36)33-20)24-13-8-12-23(16-24)29(30,31)32/h3-14,16H,15,17-19H2,1-2H3. The van der Waals surface area contributed by atoms with Crippen molar-refractivity contribution in [3.63, 3.8) is 0 Å². The maximum atomic E-state index is 13.8. The summed E-state index contributed by atoms with van der Waals surface area (Å²) >= 11 is 0. The molecule has 0 atom stereocenters. The van der Waals surface area contributed by atoms with Crippen molar-refractivity contribution in [1.82, 2.24) is 14.5 Å². The van der Waals surface area contributed by atoms with Crippen molar-refractivity contribution in [2.45, 2.75) is 32.7 Å². The van der Waals surface area contributed by atoms with E-state index < -0.39 is 11.7 Å². The Balaban J connectivity index is 1.60. The van der Waals surface area contributed by atoms with Gasteiger partial charge in [0.2, 0.25) is 5.95 Å². The number of hydrogen-bond donors (Lipinski definition) is 0. The fourth-order valence-electron chi connectivity index (χ4n) is 4.75. The Labute approximate surface area is 218 Å². The molecule has 6 nitrogen and oxygen atoms in total. The first-order valence-corrected chi connectivity index (χ1v) is 12.2. The second kappa shape index (κ2) is 10.3. The fraction of sp³-hybridized carbons (Fsp3) is 0.241. The van der Waals surface area contributed by atoms with Gasteiger partial charge in [0.15, 0.2) is 0 Å². The van der Waals surface area contributed by atoms with E-state index in [0.717, 1.165) is 23.3 Å². The Morgan fingerprint density at radius 2 is 1.68 bits per heavy atom. The van der Waals surface area contributed by atoms with Gasteiger partial charge in [-0.2, -0.15) is 13.2 Å². The summed E-state index contributed by atoms with van der Waals surface area (Å²) in [6, 6.07) is 22.3. The molecule has 1 aromatic heterocycles. The number of aryl methyl sites for hydroxylation is 1. The summed E-state index contributed by atoms with van der Waals surface area (Å²) in [4.78, 5) is 22.2. The van der Waals surface area contributed by atoms with Crippen LogP contribution in [0.25, 0.3) is 0 Å². The molecule has 0 bridgehead atoms. The molecule has 0 saturated heterocycles. The van der Waals surface area contributed by atoms with Crippen molar-refractivity contribution in [1.29, 1.82) is 0 Å². The highest BCUT2D eigenvalue weighted by molar-refractivity contribution is 5.60. The first kappa shape index (κ1) is 25.5. The number of aromatic nitrogens is 2. The predicted octanol–water partition coefficient (Wildman–Crippen LogP) is 5.74. The first-order valence-electron chi connectivity index (χ1n) is 12.2. The van der Waals surface area contributed by atoms with Gasteiger partial charge in [-0.15, -0.1) is 0 Å². The van der Waals surface area contributed by atoms with Crippen LogP contribution < -0.4 is 15.2 Å². The number of fused-ring (bicyclic) bond motifs is 1. The molecule has 5 rings (SSSR count). The van der Waals surface area contributed by atoms with E-state index in [4.69, 9.17) is 9.72 Å². The summed E-state index contributed by atoms with van der Waals surface area (Å²) in [6.07, 6.45) is -4.08. The number of alkyl halides is 3. The van der Waals surface area contributed by atoms with Crippen molar-refractivity contribution < 1.29 is 17.9 Å². The van der Waals surface area contributed by atoms with Crippen LogP contribution in [-0.4, -0.2) is 28.2 Å². The lowest BCUT2D eigenvalue weighted by molar-refractivity contribution is -0.137. The van der Waals surface area contributed by atoms with Gasteiger partial charge in [-0.25, -0.2) is 4.98 Å². The molecule has 3 aromatic carbocycles. The van der Waals surface area contributed by atoms with E-state index in [1.165, 1.54) is 6.07 Å². The molecule has 38 heavy (non-hydrogen) atoms. The molecule has 0 N–H and O–H groups in total. The first-order chi connectivity index (χ1) is 18.2. The molecule has 0 spiro atoms. The lowest BCUT2D eigenvalue weighted by atomic mass is 10.1. The van der Waals surface area contributed by atoms with Crippen LogP contribution in [0.2, 0.25) is 0 Å². The molecule has 0 fully saturated rings. The van der Waals surface area contributed by atoms with Crippen LogP contribution >= 0.6 is 0 Å². The van der Waals surface area contributed by atoms with E-state index in [-0.39, 0.29) is 18.9 Å². The van der Waals surface area contributed by atoms with Crippen LogP contribution in [0, 0.1) is 6.92 Å². The Hall–Kier alpha value is -4.11. The SMILES string of the molecule is COc1ccccc1CN1CN(c2cccc(C(F)(F)F)c2)c2nc(C)c(Cc3ccccc3)c(=O)n2C1. The molecular weight excluding hydrogens is 493 g/mol. The minimum Gasteiger partial charge on any atom is -0.496 e. The van der Waals surface area contributed by atoms with Gasteiger partial charge in [-0.1, -0.05) is 54.6 Å². The number of benzene rings is 3. The van der Waals surface area contributed by atoms with Crippen molar-refractivity contribution in [2.24, 2.45) is 0 Å². The number of rotatable bonds is 6. The van der Waals surface area contributed by atoms with Gasteiger partial charge in [-0.3, -0.25) is 19.2 Å². The van der Waals surface area contributed by atoms with Gasteiger partial charge in [0.05, 0.1) is 31.7 Å². The molecule has 0 aliphatic carbocycles. The second-order valence-electron chi connectivity index (χ2n) is 9.27. The summed E-state index contributed by atoms with van der Waals surface area (Å²) in [5, 5.41) is 0. The normalized spacial score (nSPS) is 13.9. The van der Waals surface area contributed by atoms with Crippen LogP contribution in [0.3, 0.4) is 0 Å². The Morgan fingerprint density at radius 1 is 0.947 bits per heavy atom. The molecule has 196 valence electrons. The monoisotopic (exact) mass is 520 g/mol. The molecular formula is C29H27F3N4O2.